The number of amides is 1. The predicted molar refractivity (Wildman–Crippen MR) is 58.6 cm³/mol. The van der Waals surface area contributed by atoms with Crippen LogP contribution in [-0.4, -0.2) is 25.5 Å². The second kappa shape index (κ2) is 4.42. The standard InChI is InChI=1S/C11H15N3O/c12-11(15)9-3-1-2-8(6-9)10-7-13-4-5-14-10/h1-3,6,10,13-14H,4-5,7H2,(H2,12,15). The number of piperazine rings is 1. The molecule has 1 saturated heterocycles. The summed E-state index contributed by atoms with van der Waals surface area (Å²) in [6, 6.07) is 7.75. The lowest BCUT2D eigenvalue weighted by molar-refractivity contribution is 0.1000. The Bertz CT molecular complexity index is 359. The van der Waals surface area contributed by atoms with E-state index in [1.165, 1.54) is 0 Å². The normalized spacial score (nSPS) is 21.2. The van der Waals surface area contributed by atoms with Gasteiger partial charge in [0, 0.05) is 31.2 Å². The molecule has 1 fully saturated rings. The molecule has 4 N–H and O–H groups in total. The molecule has 1 aromatic rings. The Morgan fingerprint density at radius 3 is 2.93 bits per heavy atom. The molecule has 4 nitrogen and oxygen atoms in total. The fraction of sp³-hybridized carbons (Fsp3) is 0.364. The van der Waals surface area contributed by atoms with Gasteiger partial charge in [-0.05, 0) is 17.7 Å². The molecule has 0 aromatic heterocycles. The Morgan fingerprint density at radius 2 is 2.27 bits per heavy atom. The zero-order chi connectivity index (χ0) is 10.7. The van der Waals surface area contributed by atoms with Crippen LogP contribution in [0.2, 0.25) is 0 Å². The van der Waals surface area contributed by atoms with E-state index >= 15 is 0 Å². The topological polar surface area (TPSA) is 67.2 Å². The van der Waals surface area contributed by atoms with Gasteiger partial charge in [-0.25, -0.2) is 0 Å². The predicted octanol–water partition coefficient (Wildman–Crippen LogP) is 0.0194. The molecule has 15 heavy (non-hydrogen) atoms. The molecular weight excluding hydrogens is 190 g/mol. The fourth-order valence-corrected chi connectivity index (χ4v) is 1.80. The number of rotatable bonds is 2. The van der Waals surface area contributed by atoms with Crippen LogP contribution in [0, 0.1) is 0 Å². The number of primary amides is 1. The van der Waals surface area contributed by atoms with Gasteiger partial charge in [0.25, 0.3) is 0 Å². The minimum atomic E-state index is -0.374. The number of carbonyl (C=O) groups is 1. The van der Waals surface area contributed by atoms with Crippen LogP contribution in [0.1, 0.15) is 22.0 Å². The van der Waals surface area contributed by atoms with Gasteiger partial charge in [-0.3, -0.25) is 4.79 Å². The first-order chi connectivity index (χ1) is 7.27. The number of nitrogens with one attached hydrogen (secondary N) is 2. The highest BCUT2D eigenvalue weighted by molar-refractivity contribution is 5.92. The quantitative estimate of drug-likeness (QED) is 0.637. The lowest BCUT2D eigenvalue weighted by Gasteiger charge is -2.25. The van der Waals surface area contributed by atoms with Crippen LogP contribution >= 0.6 is 0 Å². The third-order valence-electron chi connectivity index (χ3n) is 2.61. The maximum atomic E-state index is 11.0. The first-order valence-electron chi connectivity index (χ1n) is 5.11. The van der Waals surface area contributed by atoms with E-state index in [-0.39, 0.29) is 11.9 Å². The van der Waals surface area contributed by atoms with Crippen molar-refractivity contribution < 1.29 is 4.79 Å². The third-order valence-corrected chi connectivity index (χ3v) is 2.61. The van der Waals surface area contributed by atoms with Crippen molar-refractivity contribution in [3.05, 3.63) is 35.4 Å². The Morgan fingerprint density at radius 1 is 1.40 bits per heavy atom. The highest BCUT2D eigenvalue weighted by Gasteiger charge is 2.14. The van der Waals surface area contributed by atoms with Crippen LogP contribution in [0.25, 0.3) is 0 Å². The Labute approximate surface area is 88.9 Å². The molecule has 0 spiro atoms. The molecule has 1 heterocycles. The third kappa shape index (κ3) is 2.34. The Hall–Kier alpha value is -1.39. The van der Waals surface area contributed by atoms with Gasteiger partial charge < -0.3 is 16.4 Å². The van der Waals surface area contributed by atoms with Gasteiger partial charge in [-0.1, -0.05) is 12.1 Å². The van der Waals surface area contributed by atoms with Gasteiger partial charge in [-0.2, -0.15) is 0 Å². The van der Waals surface area contributed by atoms with Crippen molar-refractivity contribution >= 4 is 5.91 Å². The van der Waals surface area contributed by atoms with Crippen molar-refractivity contribution in [2.24, 2.45) is 5.73 Å². The van der Waals surface area contributed by atoms with Crippen LogP contribution in [0.3, 0.4) is 0 Å². The lowest BCUT2D eigenvalue weighted by atomic mass is 10.0. The van der Waals surface area contributed by atoms with Crippen molar-refractivity contribution in [3.63, 3.8) is 0 Å². The van der Waals surface area contributed by atoms with Crippen molar-refractivity contribution in [2.75, 3.05) is 19.6 Å². The maximum absolute atomic E-state index is 11.0. The van der Waals surface area contributed by atoms with E-state index < -0.39 is 0 Å². The maximum Gasteiger partial charge on any atom is 0.248 e. The van der Waals surface area contributed by atoms with Gasteiger partial charge >= 0.3 is 0 Å². The summed E-state index contributed by atoms with van der Waals surface area (Å²) in [4.78, 5) is 11.0. The largest absolute Gasteiger partial charge is 0.366 e. The smallest absolute Gasteiger partial charge is 0.248 e. The van der Waals surface area contributed by atoms with Gasteiger partial charge in [0.1, 0.15) is 0 Å². The van der Waals surface area contributed by atoms with Crippen LogP contribution in [0.5, 0.6) is 0 Å². The SMILES string of the molecule is NC(=O)c1cccc(C2CNCCN2)c1. The zero-order valence-electron chi connectivity index (χ0n) is 8.49. The molecular formula is C11H15N3O. The van der Waals surface area contributed by atoms with Gasteiger partial charge in [0.05, 0.1) is 0 Å². The molecule has 1 aromatic carbocycles. The van der Waals surface area contributed by atoms with Crippen LogP contribution in [0.4, 0.5) is 0 Å². The summed E-state index contributed by atoms with van der Waals surface area (Å²) in [6.07, 6.45) is 0. The van der Waals surface area contributed by atoms with Gasteiger partial charge in [0.2, 0.25) is 5.91 Å². The summed E-state index contributed by atoms with van der Waals surface area (Å²) in [7, 11) is 0. The number of benzene rings is 1. The van der Waals surface area contributed by atoms with Crippen LogP contribution in [0.15, 0.2) is 24.3 Å². The summed E-state index contributed by atoms with van der Waals surface area (Å²) in [6.45, 7) is 2.83. The van der Waals surface area contributed by atoms with E-state index in [9.17, 15) is 4.79 Å². The molecule has 80 valence electrons. The molecule has 1 atom stereocenters. The van der Waals surface area contributed by atoms with E-state index in [4.69, 9.17) is 5.73 Å². The summed E-state index contributed by atoms with van der Waals surface area (Å²) in [5, 5.41) is 6.69. The number of hydrogen-bond acceptors (Lipinski definition) is 3. The number of carbonyl (C=O) groups excluding carboxylic acids is 1. The molecule has 1 amide bonds. The first kappa shape index (κ1) is 10.1. The first-order valence-corrected chi connectivity index (χ1v) is 5.11. The van der Waals surface area contributed by atoms with E-state index in [2.05, 4.69) is 10.6 Å². The zero-order valence-corrected chi connectivity index (χ0v) is 8.49. The van der Waals surface area contributed by atoms with Crippen LogP contribution in [-0.2, 0) is 0 Å². The average Bonchev–Trinajstić information content (AvgIpc) is 2.30. The minimum absolute atomic E-state index is 0.276. The monoisotopic (exact) mass is 205 g/mol. The van der Waals surface area contributed by atoms with E-state index in [0.717, 1.165) is 25.2 Å². The van der Waals surface area contributed by atoms with Gasteiger partial charge in [-0.15, -0.1) is 0 Å². The molecule has 2 rings (SSSR count). The Kier molecular flexibility index (Phi) is 2.99. The summed E-state index contributed by atoms with van der Waals surface area (Å²) in [5.41, 5.74) is 6.92. The van der Waals surface area contributed by atoms with E-state index in [1.54, 1.807) is 6.07 Å². The Balaban J connectivity index is 2.19. The van der Waals surface area contributed by atoms with Gasteiger partial charge in [0.15, 0.2) is 0 Å². The summed E-state index contributed by atoms with van der Waals surface area (Å²) in [5.74, 6) is -0.374. The van der Waals surface area contributed by atoms with Crippen molar-refractivity contribution in [3.8, 4) is 0 Å². The molecule has 0 radical (unpaired) electrons. The minimum Gasteiger partial charge on any atom is -0.366 e. The molecule has 1 aliphatic rings. The highest BCUT2D eigenvalue weighted by Crippen LogP contribution is 2.15. The van der Waals surface area contributed by atoms with Crippen molar-refractivity contribution in [1.82, 2.24) is 10.6 Å². The molecule has 1 unspecified atom stereocenters. The average molecular weight is 205 g/mol. The fourth-order valence-electron chi connectivity index (χ4n) is 1.80. The second-order valence-electron chi connectivity index (χ2n) is 3.70. The van der Waals surface area contributed by atoms with Crippen molar-refractivity contribution in [1.29, 1.82) is 0 Å². The number of nitrogens with two attached hydrogens (primary N) is 1. The molecule has 0 bridgehead atoms. The van der Waals surface area contributed by atoms with Crippen molar-refractivity contribution in [2.45, 2.75) is 6.04 Å². The molecule has 0 saturated carbocycles. The van der Waals surface area contributed by atoms with E-state index in [0.29, 0.717) is 5.56 Å². The summed E-state index contributed by atoms with van der Waals surface area (Å²) < 4.78 is 0. The second-order valence-corrected chi connectivity index (χ2v) is 3.70. The lowest BCUT2D eigenvalue weighted by Crippen LogP contribution is -2.42. The molecule has 4 heteroatoms. The number of hydrogen-bond donors (Lipinski definition) is 3. The highest BCUT2D eigenvalue weighted by atomic mass is 16.1. The van der Waals surface area contributed by atoms with Crippen LogP contribution < -0.4 is 16.4 Å². The summed E-state index contributed by atoms with van der Waals surface area (Å²) >= 11 is 0. The molecule has 1 aliphatic heterocycles. The van der Waals surface area contributed by atoms with E-state index in [1.807, 2.05) is 18.2 Å². The molecule has 0 aliphatic carbocycles.